The van der Waals surface area contributed by atoms with Crippen LogP contribution in [0.25, 0.3) is 0 Å². The number of carbonyl (C=O) groups is 3. The third-order valence-corrected chi connectivity index (χ3v) is 8.35. The lowest BCUT2D eigenvalue weighted by atomic mass is 9.88. The van der Waals surface area contributed by atoms with Crippen molar-refractivity contribution in [2.75, 3.05) is 26.2 Å². The highest BCUT2D eigenvalue weighted by Gasteiger charge is 2.29. The molecule has 3 aliphatic rings. The molecule has 2 heterocycles. The van der Waals surface area contributed by atoms with Gasteiger partial charge < -0.3 is 30.4 Å². The number of carboxylic acids is 2. The van der Waals surface area contributed by atoms with Crippen LogP contribution in [0.3, 0.4) is 0 Å². The molecule has 218 valence electrons. The van der Waals surface area contributed by atoms with Gasteiger partial charge in [0.05, 0.1) is 6.10 Å². The molecule has 1 amide bonds. The van der Waals surface area contributed by atoms with Crippen molar-refractivity contribution in [1.82, 2.24) is 9.80 Å². The molecule has 1 saturated carbocycles. The van der Waals surface area contributed by atoms with Crippen molar-refractivity contribution < 1.29 is 39.9 Å². The zero-order valence-corrected chi connectivity index (χ0v) is 22.9. The molecule has 0 aromatic heterocycles. The Morgan fingerprint density at radius 1 is 0.872 bits per heavy atom. The highest BCUT2D eigenvalue weighted by molar-refractivity contribution is 5.83. The molecule has 2 aliphatic heterocycles. The molecule has 0 radical (unpaired) electrons. The number of fused-ring (bicyclic) bond motifs is 1. The van der Waals surface area contributed by atoms with Gasteiger partial charge in [0.25, 0.3) is 0 Å². The Kier molecular flexibility index (Phi) is 11.7. The summed E-state index contributed by atoms with van der Waals surface area (Å²) in [4.78, 5) is 36.1. The molecule has 1 aliphatic carbocycles. The number of aliphatic hydroxyl groups excluding tert-OH is 3. The van der Waals surface area contributed by atoms with Gasteiger partial charge >= 0.3 is 11.9 Å². The van der Waals surface area contributed by atoms with Crippen LogP contribution in [0.4, 0.5) is 0 Å². The van der Waals surface area contributed by atoms with E-state index in [-0.39, 0.29) is 12.0 Å². The summed E-state index contributed by atoms with van der Waals surface area (Å²) in [7, 11) is 0. The van der Waals surface area contributed by atoms with Crippen LogP contribution in [-0.4, -0.2) is 104 Å². The zero-order valence-electron chi connectivity index (χ0n) is 22.9. The van der Waals surface area contributed by atoms with E-state index in [9.17, 15) is 19.5 Å². The Bertz CT molecular complexity index is 956. The highest BCUT2D eigenvalue weighted by atomic mass is 16.4. The summed E-state index contributed by atoms with van der Waals surface area (Å²) < 4.78 is 0. The molecule has 3 unspecified atom stereocenters. The minimum atomic E-state index is -2.27. The van der Waals surface area contributed by atoms with Crippen LogP contribution < -0.4 is 0 Å². The summed E-state index contributed by atoms with van der Waals surface area (Å²) in [5.41, 5.74) is 4.30. The van der Waals surface area contributed by atoms with Gasteiger partial charge in [0, 0.05) is 38.6 Å². The second-order valence-corrected chi connectivity index (χ2v) is 11.1. The van der Waals surface area contributed by atoms with E-state index in [1.54, 1.807) is 0 Å². The van der Waals surface area contributed by atoms with Gasteiger partial charge in [-0.05, 0) is 74.0 Å². The Morgan fingerprint density at radius 2 is 1.46 bits per heavy atom. The van der Waals surface area contributed by atoms with E-state index < -0.39 is 24.1 Å². The van der Waals surface area contributed by atoms with Crippen molar-refractivity contribution in [2.45, 2.75) is 95.5 Å². The molecule has 1 saturated heterocycles. The number of piperidine rings is 1. The molecule has 0 bridgehead atoms. The van der Waals surface area contributed by atoms with E-state index >= 15 is 0 Å². The lowest BCUT2D eigenvalue weighted by Gasteiger charge is -2.36. The fraction of sp³-hybridized carbons (Fsp3) is 0.690. The number of aliphatic carboxylic acids is 2. The smallest absolute Gasteiger partial charge is 0.335 e. The van der Waals surface area contributed by atoms with Crippen LogP contribution in [0.5, 0.6) is 0 Å². The quantitative estimate of drug-likeness (QED) is 0.308. The number of hydrogen-bond acceptors (Lipinski definition) is 7. The summed E-state index contributed by atoms with van der Waals surface area (Å²) in [6, 6.07) is 7.76. The van der Waals surface area contributed by atoms with Gasteiger partial charge in [-0.2, -0.15) is 0 Å². The predicted octanol–water partition coefficient (Wildman–Crippen LogP) is 1.46. The van der Waals surface area contributed by atoms with Gasteiger partial charge in [0.2, 0.25) is 5.91 Å². The fourth-order valence-corrected chi connectivity index (χ4v) is 5.69. The average molecular weight is 549 g/mol. The topological polar surface area (TPSA) is 159 Å². The maximum atomic E-state index is 11.8. The Morgan fingerprint density at radius 3 is 1.97 bits per heavy atom. The molecule has 1 aromatic carbocycles. The molecule has 3 atom stereocenters. The Labute approximate surface area is 230 Å². The summed E-state index contributed by atoms with van der Waals surface area (Å²) in [6.07, 6.45) is 5.98. The number of nitrogens with zero attached hydrogens (tertiary/aromatic N) is 2. The SMILES string of the molecule is CCC(=O)N1CCC(CC(O)Cc2ccc3c(c2)CCN(C2CCC2)CC3)CC1.O=C(O)C(O)C(O)C(=O)O. The van der Waals surface area contributed by atoms with E-state index in [2.05, 4.69) is 23.1 Å². The monoisotopic (exact) mass is 548 g/mol. The number of carboxylic acid groups (broad SMARTS) is 2. The van der Waals surface area contributed by atoms with Crippen molar-refractivity contribution in [1.29, 1.82) is 0 Å². The van der Waals surface area contributed by atoms with Gasteiger partial charge in [-0.1, -0.05) is 31.5 Å². The molecule has 0 spiro atoms. The number of benzene rings is 1. The van der Waals surface area contributed by atoms with Crippen LogP contribution in [0.15, 0.2) is 18.2 Å². The molecular formula is C29H44N2O8. The van der Waals surface area contributed by atoms with Crippen molar-refractivity contribution in [3.63, 3.8) is 0 Å². The molecular weight excluding hydrogens is 504 g/mol. The van der Waals surface area contributed by atoms with Crippen LogP contribution in [0.1, 0.15) is 68.6 Å². The summed E-state index contributed by atoms with van der Waals surface area (Å²) in [6.45, 7) is 6.06. The van der Waals surface area contributed by atoms with Gasteiger partial charge in [-0.15, -0.1) is 0 Å². The average Bonchev–Trinajstić information content (AvgIpc) is 3.09. The Balaban J connectivity index is 0.000000360. The summed E-state index contributed by atoms with van der Waals surface area (Å²) in [5.74, 6) is -2.72. The van der Waals surface area contributed by atoms with Gasteiger partial charge in [-0.3, -0.25) is 9.69 Å². The minimum Gasteiger partial charge on any atom is -0.479 e. The second-order valence-electron chi connectivity index (χ2n) is 11.1. The molecule has 5 N–H and O–H groups in total. The number of amides is 1. The van der Waals surface area contributed by atoms with Gasteiger partial charge in [0.15, 0.2) is 12.2 Å². The largest absolute Gasteiger partial charge is 0.479 e. The molecule has 4 rings (SSSR count). The first-order chi connectivity index (χ1) is 18.6. The molecule has 10 heteroatoms. The number of aliphatic hydroxyl groups is 3. The number of rotatable bonds is 9. The van der Waals surface area contributed by atoms with Crippen LogP contribution in [-0.2, 0) is 33.6 Å². The third-order valence-electron chi connectivity index (χ3n) is 8.35. The van der Waals surface area contributed by atoms with Crippen LogP contribution in [0, 0.1) is 5.92 Å². The first-order valence-electron chi connectivity index (χ1n) is 14.2. The maximum Gasteiger partial charge on any atom is 0.335 e. The van der Waals surface area contributed by atoms with E-state index in [0.717, 1.165) is 51.2 Å². The molecule has 39 heavy (non-hydrogen) atoms. The first kappa shape index (κ1) is 31.0. The minimum absolute atomic E-state index is 0.268. The number of likely N-dealkylation sites (tertiary alicyclic amines) is 1. The first-order valence-corrected chi connectivity index (χ1v) is 14.2. The number of carbonyl (C=O) groups excluding carboxylic acids is 1. The van der Waals surface area contributed by atoms with Crippen molar-refractivity contribution in [3.8, 4) is 0 Å². The highest BCUT2D eigenvalue weighted by Crippen LogP contribution is 2.28. The van der Waals surface area contributed by atoms with Crippen LogP contribution >= 0.6 is 0 Å². The molecule has 10 nitrogen and oxygen atoms in total. The van der Waals surface area contributed by atoms with E-state index in [1.807, 2.05) is 11.8 Å². The molecule has 1 aromatic rings. The van der Waals surface area contributed by atoms with Crippen molar-refractivity contribution in [3.05, 3.63) is 34.9 Å². The van der Waals surface area contributed by atoms with Gasteiger partial charge in [0.1, 0.15) is 0 Å². The predicted molar refractivity (Wildman–Crippen MR) is 144 cm³/mol. The van der Waals surface area contributed by atoms with Gasteiger partial charge in [-0.25, -0.2) is 9.59 Å². The fourth-order valence-electron chi connectivity index (χ4n) is 5.69. The van der Waals surface area contributed by atoms with Crippen LogP contribution in [0.2, 0.25) is 0 Å². The third kappa shape index (κ3) is 8.99. The van der Waals surface area contributed by atoms with Crippen molar-refractivity contribution in [2.24, 2.45) is 5.92 Å². The summed E-state index contributed by atoms with van der Waals surface area (Å²) >= 11 is 0. The lowest BCUT2D eigenvalue weighted by Crippen LogP contribution is -2.41. The summed E-state index contributed by atoms with van der Waals surface area (Å²) in [5, 5.41) is 43.2. The molecule has 2 fully saturated rings. The van der Waals surface area contributed by atoms with Crippen molar-refractivity contribution >= 4 is 17.8 Å². The maximum absolute atomic E-state index is 11.8. The Hall–Kier alpha value is -2.53. The van der Waals surface area contributed by atoms with E-state index in [0.29, 0.717) is 12.3 Å². The number of hydrogen-bond donors (Lipinski definition) is 5. The van der Waals surface area contributed by atoms with E-state index in [4.69, 9.17) is 20.4 Å². The second kappa shape index (κ2) is 14.7. The standard InChI is InChI=1S/C25H38N2O2.C4H6O6/c1-2-25(29)27-12-8-19(9-13-27)17-24(28)18-20-6-7-21-10-14-26(23-4-3-5-23)15-11-22(21)16-20;5-1(3(7)8)2(6)4(9)10/h6-7,16,19,23-24,28H,2-5,8-15,17-18H2,1H3;1-2,5-6H,(H,7,8)(H,9,10). The lowest BCUT2D eigenvalue weighted by molar-refractivity contribution is -0.165. The zero-order chi connectivity index (χ0) is 28.5. The van der Waals surface area contributed by atoms with E-state index in [1.165, 1.54) is 55.5 Å². The normalized spacial score (nSPS) is 20.9.